The Kier molecular flexibility index (Phi) is 6.87. The highest BCUT2D eigenvalue weighted by molar-refractivity contribution is 7.90. The van der Waals surface area contributed by atoms with Crippen LogP contribution in [0.3, 0.4) is 0 Å². The van der Waals surface area contributed by atoms with Crippen LogP contribution in [0.1, 0.15) is 12.8 Å². The van der Waals surface area contributed by atoms with E-state index in [1.807, 2.05) is 0 Å². The van der Waals surface area contributed by atoms with Crippen molar-refractivity contribution in [1.82, 2.24) is 4.72 Å². The number of nitrogens with one attached hydrogen (secondary N) is 1. The summed E-state index contributed by atoms with van der Waals surface area (Å²) in [5.41, 5.74) is 0. The van der Waals surface area contributed by atoms with E-state index >= 15 is 0 Å². The molecular formula is C9H16ClNO2S. The Balaban J connectivity index is 4.44. The first-order valence-corrected chi connectivity index (χ1v) is 6.42. The van der Waals surface area contributed by atoms with Gasteiger partial charge in [0.1, 0.15) is 0 Å². The third kappa shape index (κ3) is 4.79. The van der Waals surface area contributed by atoms with E-state index in [9.17, 15) is 8.42 Å². The Hall–Kier alpha value is -0.320. The zero-order valence-corrected chi connectivity index (χ0v) is 9.65. The van der Waals surface area contributed by atoms with Crippen LogP contribution in [-0.2, 0) is 10.0 Å². The average Bonchev–Trinajstić information content (AvgIpc) is 2.14. The first-order valence-electron chi connectivity index (χ1n) is 4.34. The van der Waals surface area contributed by atoms with Gasteiger partial charge in [-0.3, -0.25) is 0 Å². The number of halogens is 1. The van der Waals surface area contributed by atoms with Gasteiger partial charge in [0.05, 0.1) is 5.25 Å². The highest BCUT2D eigenvalue weighted by Gasteiger charge is 2.22. The van der Waals surface area contributed by atoms with Crippen LogP contribution in [-0.4, -0.2) is 26.1 Å². The molecule has 0 heterocycles. The van der Waals surface area contributed by atoms with Gasteiger partial charge in [-0.15, -0.1) is 24.8 Å². The fourth-order valence-corrected chi connectivity index (χ4v) is 2.80. The summed E-state index contributed by atoms with van der Waals surface area (Å²) in [6.45, 7) is 7.21. The van der Waals surface area contributed by atoms with Crippen LogP contribution >= 0.6 is 11.6 Å². The van der Waals surface area contributed by atoms with Gasteiger partial charge in [-0.05, 0) is 12.8 Å². The standard InChI is InChI=1S/C9H16ClNO2S/c1-3-5-9(6-7-10)14(12,13)11-8-4-2/h3-4,9,11H,1-2,5-8H2. The fourth-order valence-electron chi connectivity index (χ4n) is 1.00. The minimum absolute atomic E-state index is 0.248. The maximum absolute atomic E-state index is 11.6. The smallest absolute Gasteiger partial charge is 0.212 e. The van der Waals surface area contributed by atoms with E-state index in [1.54, 1.807) is 6.08 Å². The molecule has 5 heteroatoms. The molecule has 0 aliphatic rings. The molecule has 82 valence electrons. The summed E-state index contributed by atoms with van der Waals surface area (Å²) in [6.07, 6.45) is 3.94. The highest BCUT2D eigenvalue weighted by atomic mass is 35.5. The van der Waals surface area contributed by atoms with Crippen molar-refractivity contribution in [3.05, 3.63) is 25.3 Å². The molecule has 0 saturated heterocycles. The quantitative estimate of drug-likeness (QED) is 0.516. The van der Waals surface area contributed by atoms with Crippen molar-refractivity contribution in [2.45, 2.75) is 18.1 Å². The number of allylic oxidation sites excluding steroid dienone is 1. The lowest BCUT2D eigenvalue weighted by atomic mass is 10.2. The molecule has 0 bridgehead atoms. The largest absolute Gasteiger partial charge is 0.215 e. The Morgan fingerprint density at radius 2 is 2.00 bits per heavy atom. The second-order valence-corrected chi connectivity index (χ2v) is 5.23. The van der Waals surface area contributed by atoms with Crippen LogP contribution in [0.25, 0.3) is 0 Å². The minimum Gasteiger partial charge on any atom is -0.212 e. The molecule has 0 saturated carbocycles. The maximum Gasteiger partial charge on any atom is 0.215 e. The summed E-state index contributed by atoms with van der Waals surface area (Å²) >= 11 is 5.53. The van der Waals surface area contributed by atoms with Crippen LogP contribution in [0.15, 0.2) is 25.3 Å². The maximum atomic E-state index is 11.6. The van der Waals surface area contributed by atoms with Crippen molar-refractivity contribution in [1.29, 1.82) is 0 Å². The average molecular weight is 238 g/mol. The van der Waals surface area contributed by atoms with Crippen molar-refractivity contribution < 1.29 is 8.42 Å². The molecule has 0 aromatic rings. The van der Waals surface area contributed by atoms with Gasteiger partial charge < -0.3 is 0 Å². The van der Waals surface area contributed by atoms with Gasteiger partial charge in [-0.25, -0.2) is 13.1 Å². The summed E-state index contributed by atoms with van der Waals surface area (Å²) in [5.74, 6) is 0.327. The van der Waals surface area contributed by atoms with E-state index in [-0.39, 0.29) is 6.54 Å². The topological polar surface area (TPSA) is 46.2 Å². The molecule has 1 atom stereocenters. The number of rotatable bonds is 8. The van der Waals surface area contributed by atoms with E-state index < -0.39 is 15.3 Å². The lowest BCUT2D eigenvalue weighted by Gasteiger charge is -2.14. The van der Waals surface area contributed by atoms with Gasteiger partial charge >= 0.3 is 0 Å². The first kappa shape index (κ1) is 13.7. The first-order chi connectivity index (χ1) is 6.58. The van der Waals surface area contributed by atoms with Gasteiger partial charge in [0.15, 0.2) is 0 Å². The molecule has 3 nitrogen and oxygen atoms in total. The number of hydrogen-bond acceptors (Lipinski definition) is 2. The lowest BCUT2D eigenvalue weighted by molar-refractivity contribution is 0.565. The van der Waals surface area contributed by atoms with Gasteiger partial charge in [-0.2, -0.15) is 0 Å². The second kappa shape index (κ2) is 7.04. The molecule has 0 radical (unpaired) electrons. The Labute approximate surface area is 90.9 Å². The van der Waals surface area contributed by atoms with Crippen molar-refractivity contribution in [3.8, 4) is 0 Å². The monoisotopic (exact) mass is 237 g/mol. The Morgan fingerprint density at radius 1 is 1.36 bits per heavy atom. The van der Waals surface area contributed by atoms with Crippen LogP contribution < -0.4 is 4.72 Å². The Morgan fingerprint density at radius 3 is 2.43 bits per heavy atom. The van der Waals surface area contributed by atoms with E-state index in [0.29, 0.717) is 18.7 Å². The Bertz CT molecular complexity index is 275. The third-order valence-corrected chi connectivity index (χ3v) is 3.82. The molecule has 14 heavy (non-hydrogen) atoms. The summed E-state index contributed by atoms with van der Waals surface area (Å²) in [7, 11) is -3.29. The summed E-state index contributed by atoms with van der Waals surface area (Å²) < 4.78 is 25.6. The van der Waals surface area contributed by atoms with E-state index in [4.69, 9.17) is 11.6 Å². The third-order valence-electron chi connectivity index (χ3n) is 1.73. The van der Waals surface area contributed by atoms with E-state index in [0.717, 1.165) is 0 Å². The van der Waals surface area contributed by atoms with Gasteiger partial charge in [0.2, 0.25) is 10.0 Å². The number of sulfonamides is 1. The summed E-state index contributed by atoms with van der Waals surface area (Å²) in [4.78, 5) is 0. The van der Waals surface area contributed by atoms with Gasteiger partial charge in [0, 0.05) is 12.4 Å². The minimum atomic E-state index is -3.29. The van der Waals surface area contributed by atoms with Crippen molar-refractivity contribution in [2.24, 2.45) is 0 Å². The molecule has 0 aromatic heterocycles. The van der Waals surface area contributed by atoms with Crippen LogP contribution in [0, 0.1) is 0 Å². The molecule has 1 unspecified atom stereocenters. The van der Waals surface area contributed by atoms with Crippen molar-refractivity contribution in [2.75, 3.05) is 12.4 Å². The van der Waals surface area contributed by atoms with E-state index in [1.165, 1.54) is 6.08 Å². The SMILES string of the molecule is C=CCNS(=O)(=O)C(CC=C)CCCl. The predicted octanol–water partition coefficient (Wildman–Crippen LogP) is 1.67. The molecule has 0 aromatic carbocycles. The van der Waals surface area contributed by atoms with Crippen LogP contribution in [0.5, 0.6) is 0 Å². The van der Waals surface area contributed by atoms with Gasteiger partial charge in [0.25, 0.3) is 0 Å². The molecular weight excluding hydrogens is 222 g/mol. The van der Waals surface area contributed by atoms with Crippen molar-refractivity contribution >= 4 is 21.6 Å². The van der Waals surface area contributed by atoms with E-state index in [2.05, 4.69) is 17.9 Å². The molecule has 1 N–H and O–H groups in total. The molecule has 0 fully saturated rings. The molecule has 0 aliphatic heterocycles. The van der Waals surface area contributed by atoms with Gasteiger partial charge in [-0.1, -0.05) is 12.2 Å². The van der Waals surface area contributed by atoms with Crippen molar-refractivity contribution in [3.63, 3.8) is 0 Å². The zero-order chi connectivity index (χ0) is 11.0. The summed E-state index contributed by atoms with van der Waals surface area (Å²) in [6, 6.07) is 0. The van der Waals surface area contributed by atoms with Crippen LogP contribution in [0.4, 0.5) is 0 Å². The zero-order valence-electron chi connectivity index (χ0n) is 8.08. The second-order valence-electron chi connectivity index (χ2n) is 2.81. The molecule has 0 aliphatic carbocycles. The number of hydrogen-bond donors (Lipinski definition) is 1. The molecule has 0 amide bonds. The molecule has 0 rings (SSSR count). The van der Waals surface area contributed by atoms with Crippen LogP contribution in [0.2, 0.25) is 0 Å². The molecule has 0 spiro atoms. The highest BCUT2D eigenvalue weighted by Crippen LogP contribution is 2.10. The number of alkyl halides is 1. The fraction of sp³-hybridized carbons (Fsp3) is 0.556. The predicted molar refractivity (Wildman–Crippen MR) is 61.1 cm³/mol. The normalized spacial score (nSPS) is 13.5. The summed E-state index contributed by atoms with van der Waals surface area (Å²) in [5, 5.41) is -0.488. The lowest BCUT2D eigenvalue weighted by Crippen LogP contribution is -2.34.